The van der Waals surface area contributed by atoms with Crippen molar-refractivity contribution in [2.45, 2.75) is 51.0 Å². The molecule has 0 saturated heterocycles. The predicted octanol–water partition coefficient (Wildman–Crippen LogP) is 2.46. The Kier molecular flexibility index (Phi) is 9.86. The van der Waals surface area contributed by atoms with Crippen molar-refractivity contribution in [3.8, 4) is 0 Å². The molecule has 4 N–H and O–H groups in total. The van der Waals surface area contributed by atoms with Crippen LogP contribution in [0.4, 0.5) is 0 Å². The van der Waals surface area contributed by atoms with Gasteiger partial charge in [-0.2, -0.15) is 0 Å². The van der Waals surface area contributed by atoms with Crippen molar-refractivity contribution in [3.05, 3.63) is 35.4 Å². The molecule has 0 aliphatic rings. The number of aliphatic hydroxyl groups is 2. The lowest BCUT2D eigenvalue weighted by Crippen LogP contribution is -2.47. The molecular formula is C16H28ClNO2. The maximum Gasteiger partial charge on any atom is 0.0633 e. The quantitative estimate of drug-likeness (QED) is 0.614. The summed E-state index contributed by atoms with van der Waals surface area (Å²) in [6.45, 7) is 1.85. The van der Waals surface area contributed by atoms with Crippen molar-refractivity contribution < 1.29 is 10.2 Å². The molecule has 0 fully saturated rings. The van der Waals surface area contributed by atoms with Crippen molar-refractivity contribution in [2.75, 3.05) is 13.2 Å². The second-order valence-electron chi connectivity index (χ2n) is 5.45. The van der Waals surface area contributed by atoms with Gasteiger partial charge in [0.1, 0.15) is 0 Å². The van der Waals surface area contributed by atoms with Crippen LogP contribution in [0, 0.1) is 0 Å². The molecule has 0 heterocycles. The zero-order chi connectivity index (χ0) is 14.1. The van der Waals surface area contributed by atoms with Crippen LogP contribution in [0.2, 0.25) is 0 Å². The second-order valence-corrected chi connectivity index (χ2v) is 5.45. The normalized spacial score (nSPS) is 11.2. The van der Waals surface area contributed by atoms with Gasteiger partial charge in [0, 0.05) is 0 Å². The van der Waals surface area contributed by atoms with Gasteiger partial charge in [0.2, 0.25) is 0 Å². The Morgan fingerprint density at radius 1 is 0.950 bits per heavy atom. The van der Waals surface area contributed by atoms with Gasteiger partial charge in [-0.1, -0.05) is 44.0 Å². The van der Waals surface area contributed by atoms with E-state index in [1.165, 1.54) is 30.4 Å². The Morgan fingerprint density at radius 2 is 1.45 bits per heavy atom. The van der Waals surface area contributed by atoms with E-state index < -0.39 is 5.54 Å². The summed E-state index contributed by atoms with van der Waals surface area (Å²) in [4.78, 5) is 0. The summed E-state index contributed by atoms with van der Waals surface area (Å²) in [5, 5.41) is 18.3. The third-order valence-electron chi connectivity index (χ3n) is 3.63. The molecule has 0 radical (unpaired) electrons. The van der Waals surface area contributed by atoms with E-state index in [1.807, 2.05) is 0 Å². The van der Waals surface area contributed by atoms with E-state index in [4.69, 9.17) is 15.9 Å². The molecule has 4 heteroatoms. The number of benzene rings is 1. The molecule has 0 aliphatic carbocycles. The van der Waals surface area contributed by atoms with Gasteiger partial charge in [-0.05, 0) is 36.8 Å². The summed E-state index contributed by atoms with van der Waals surface area (Å²) in [7, 11) is 0. The molecule has 0 aromatic heterocycles. The zero-order valence-electron chi connectivity index (χ0n) is 12.3. The lowest BCUT2D eigenvalue weighted by molar-refractivity contribution is 0.115. The van der Waals surface area contributed by atoms with Crippen LogP contribution in [0.3, 0.4) is 0 Å². The third-order valence-corrected chi connectivity index (χ3v) is 3.63. The molecule has 0 unspecified atom stereocenters. The Labute approximate surface area is 128 Å². The van der Waals surface area contributed by atoms with Crippen molar-refractivity contribution in [1.29, 1.82) is 0 Å². The Morgan fingerprint density at radius 3 is 1.90 bits per heavy atom. The molecule has 0 bridgehead atoms. The van der Waals surface area contributed by atoms with Crippen LogP contribution in [0.5, 0.6) is 0 Å². The topological polar surface area (TPSA) is 66.5 Å². The first-order chi connectivity index (χ1) is 9.13. The van der Waals surface area contributed by atoms with Crippen LogP contribution >= 0.6 is 12.4 Å². The summed E-state index contributed by atoms with van der Waals surface area (Å²) in [6.07, 6.45) is 6.30. The van der Waals surface area contributed by atoms with Gasteiger partial charge in [0.05, 0.1) is 18.8 Å². The average Bonchev–Trinajstić information content (AvgIpc) is 2.46. The molecule has 0 atom stereocenters. The van der Waals surface area contributed by atoms with Crippen LogP contribution in [-0.4, -0.2) is 29.0 Å². The Hall–Kier alpha value is -0.610. The number of aliphatic hydroxyl groups excluding tert-OH is 2. The molecule has 0 amide bonds. The standard InChI is InChI=1S/C16H27NO2.ClH/c1-2-3-4-5-14-6-8-15(9-7-14)10-11-16(17,12-18)13-19;/h6-9,18-19H,2-5,10-13,17H2,1H3;1H. The fraction of sp³-hybridized carbons (Fsp3) is 0.625. The number of unbranched alkanes of at least 4 members (excludes halogenated alkanes) is 2. The molecule has 3 nitrogen and oxygen atoms in total. The number of halogens is 1. The van der Waals surface area contributed by atoms with Crippen molar-refractivity contribution >= 4 is 12.4 Å². The molecule has 0 saturated carbocycles. The van der Waals surface area contributed by atoms with Gasteiger partial charge in [0.15, 0.2) is 0 Å². The summed E-state index contributed by atoms with van der Waals surface area (Å²) in [6, 6.07) is 8.58. The highest BCUT2D eigenvalue weighted by atomic mass is 35.5. The number of nitrogens with two attached hydrogens (primary N) is 1. The number of rotatable bonds is 9. The van der Waals surface area contributed by atoms with Crippen LogP contribution < -0.4 is 5.73 Å². The smallest absolute Gasteiger partial charge is 0.0633 e. The minimum absolute atomic E-state index is 0. The molecule has 116 valence electrons. The molecule has 1 aromatic carbocycles. The van der Waals surface area contributed by atoms with Gasteiger partial charge in [-0.15, -0.1) is 12.4 Å². The summed E-state index contributed by atoms with van der Waals surface area (Å²) >= 11 is 0. The van der Waals surface area contributed by atoms with Crippen LogP contribution in [0.1, 0.15) is 43.7 Å². The molecule has 0 aliphatic heterocycles. The number of hydrogen-bond acceptors (Lipinski definition) is 3. The predicted molar refractivity (Wildman–Crippen MR) is 86.3 cm³/mol. The van der Waals surface area contributed by atoms with Crippen molar-refractivity contribution in [3.63, 3.8) is 0 Å². The third kappa shape index (κ3) is 6.71. The number of aryl methyl sites for hydroxylation is 2. The van der Waals surface area contributed by atoms with E-state index in [2.05, 4.69) is 31.2 Å². The largest absolute Gasteiger partial charge is 0.394 e. The van der Waals surface area contributed by atoms with E-state index in [1.54, 1.807) is 0 Å². The fourth-order valence-electron chi connectivity index (χ4n) is 2.05. The minimum Gasteiger partial charge on any atom is -0.394 e. The van der Waals surface area contributed by atoms with Crippen molar-refractivity contribution in [2.24, 2.45) is 5.73 Å². The van der Waals surface area contributed by atoms with E-state index in [9.17, 15) is 0 Å². The molecule has 0 spiro atoms. The van der Waals surface area contributed by atoms with E-state index in [-0.39, 0.29) is 25.6 Å². The molecule has 1 rings (SSSR count). The highest BCUT2D eigenvalue weighted by Gasteiger charge is 2.22. The first-order valence-electron chi connectivity index (χ1n) is 7.22. The molecule has 1 aromatic rings. The van der Waals surface area contributed by atoms with Crippen LogP contribution in [0.15, 0.2) is 24.3 Å². The van der Waals surface area contributed by atoms with E-state index in [0.717, 1.165) is 12.8 Å². The lowest BCUT2D eigenvalue weighted by atomic mass is 9.93. The average molecular weight is 302 g/mol. The van der Waals surface area contributed by atoms with Gasteiger partial charge in [-0.25, -0.2) is 0 Å². The van der Waals surface area contributed by atoms with E-state index >= 15 is 0 Å². The maximum absolute atomic E-state index is 9.14. The number of hydrogen-bond donors (Lipinski definition) is 3. The minimum atomic E-state index is -0.861. The first-order valence-corrected chi connectivity index (χ1v) is 7.22. The molecule has 20 heavy (non-hydrogen) atoms. The Balaban J connectivity index is 0.00000361. The maximum atomic E-state index is 9.14. The highest BCUT2D eigenvalue weighted by molar-refractivity contribution is 5.85. The monoisotopic (exact) mass is 301 g/mol. The zero-order valence-corrected chi connectivity index (χ0v) is 13.2. The summed E-state index contributed by atoms with van der Waals surface area (Å²) < 4.78 is 0. The van der Waals surface area contributed by atoms with Gasteiger partial charge in [0.25, 0.3) is 0 Å². The summed E-state index contributed by atoms with van der Waals surface area (Å²) in [5.74, 6) is 0. The second kappa shape index (κ2) is 10.2. The van der Waals surface area contributed by atoms with Crippen molar-refractivity contribution in [1.82, 2.24) is 0 Å². The SMILES string of the molecule is CCCCCc1ccc(CCC(N)(CO)CO)cc1.Cl. The first kappa shape index (κ1) is 19.4. The fourth-order valence-corrected chi connectivity index (χ4v) is 2.05. The van der Waals surface area contributed by atoms with Gasteiger partial charge < -0.3 is 15.9 Å². The van der Waals surface area contributed by atoms with Gasteiger partial charge >= 0.3 is 0 Å². The van der Waals surface area contributed by atoms with Crippen LogP contribution in [0.25, 0.3) is 0 Å². The summed E-state index contributed by atoms with van der Waals surface area (Å²) in [5.41, 5.74) is 7.57. The van der Waals surface area contributed by atoms with E-state index in [0.29, 0.717) is 6.42 Å². The molecular weight excluding hydrogens is 274 g/mol. The van der Waals surface area contributed by atoms with Gasteiger partial charge in [-0.3, -0.25) is 0 Å². The highest BCUT2D eigenvalue weighted by Crippen LogP contribution is 2.14. The Bertz CT molecular complexity index is 350. The lowest BCUT2D eigenvalue weighted by Gasteiger charge is -2.24. The van der Waals surface area contributed by atoms with Crippen LogP contribution in [-0.2, 0) is 12.8 Å².